The molecule has 0 saturated carbocycles. The minimum absolute atomic E-state index is 0.283. The molecule has 0 aliphatic carbocycles. The molecule has 1 aromatic carbocycles. The summed E-state index contributed by atoms with van der Waals surface area (Å²) >= 11 is 0. The summed E-state index contributed by atoms with van der Waals surface area (Å²) in [6.45, 7) is 1.04. The normalized spacial score (nSPS) is 13.9. The highest BCUT2D eigenvalue weighted by molar-refractivity contribution is 5.43. The molecule has 0 heterocycles. The van der Waals surface area contributed by atoms with Crippen LogP contribution in [0.5, 0.6) is 11.5 Å². The summed E-state index contributed by atoms with van der Waals surface area (Å²) in [5.74, 6) is 1.11. The van der Waals surface area contributed by atoms with E-state index in [2.05, 4.69) is 0 Å². The van der Waals surface area contributed by atoms with Crippen molar-refractivity contribution in [2.45, 2.75) is 37.9 Å². The fourth-order valence-electron chi connectivity index (χ4n) is 2.12. The Labute approximate surface area is 134 Å². The lowest BCUT2D eigenvalue weighted by Crippen LogP contribution is -2.29. The van der Waals surface area contributed by atoms with E-state index in [-0.39, 0.29) is 12.8 Å². The molecule has 0 aliphatic rings. The van der Waals surface area contributed by atoms with Gasteiger partial charge < -0.3 is 19.9 Å². The number of halogens is 3. The van der Waals surface area contributed by atoms with Crippen molar-refractivity contribution in [1.82, 2.24) is 0 Å². The molecule has 7 heteroatoms. The van der Waals surface area contributed by atoms with Gasteiger partial charge in [-0.1, -0.05) is 6.07 Å². The molecule has 0 fully saturated rings. The Hall–Kier alpha value is -1.47. The van der Waals surface area contributed by atoms with Gasteiger partial charge in [-0.3, -0.25) is 0 Å². The third kappa shape index (κ3) is 7.09. The number of hydrogen-bond donors (Lipinski definition) is 1. The predicted octanol–water partition coefficient (Wildman–Crippen LogP) is 2.97. The molecule has 23 heavy (non-hydrogen) atoms. The van der Waals surface area contributed by atoms with Crippen molar-refractivity contribution < 1.29 is 27.4 Å². The number of hydrogen-bond acceptors (Lipinski definition) is 4. The Morgan fingerprint density at radius 1 is 1.09 bits per heavy atom. The summed E-state index contributed by atoms with van der Waals surface area (Å²) in [5.41, 5.74) is 6.52. The van der Waals surface area contributed by atoms with Crippen molar-refractivity contribution >= 4 is 0 Å². The fourth-order valence-corrected chi connectivity index (χ4v) is 2.12. The lowest BCUT2D eigenvalue weighted by atomic mass is 10.0. The minimum atomic E-state index is -3.00. The maximum atomic E-state index is 13.0. The molecule has 1 aromatic rings. The average Bonchev–Trinajstić information content (AvgIpc) is 2.51. The SMILES string of the molecule is COCCCOc1cc(CC(N)CC(F)C(F)F)ccc1OC. The maximum absolute atomic E-state index is 13.0. The number of rotatable bonds is 11. The van der Waals surface area contributed by atoms with Crippen LogP contribution in [-0.4, -0.2) is 46.1 Å². The van der Waals surface area contributed by atoms with E-state index in [4.69, 9.17) is 19.9 Å². The molecule has 2 atom stereocenters. The lowest BCUT2D eigenvalue weighted by Gasteiger charge is -2.16. The first-order valence-electron chi connectivity index (χ1n) is 7.44. The Morgan fingerprint density at radius 3 is 2.43 bits per heavy atom. The lowest BCUT2D eigenvalue weighted by molar-refractivity contribution is 0.0417. The fraction of sp³-hybridized carbons (Fsp3) is 0.625. The molecule has 0 amide bonds. The highest BCUT2D eigenvalue weighted by atomic mass is 19.3. The van der Waals surface area contributed by atoms with Crippen LogP contribution in [0.15, 0.2) is 18.2 Å². The van der Waals surface area contributed by atoms with Gasteiger partial charge in [0.25, 0.3) is 6.43 Å². The summed E-state index contributed by atoms with van der Waals surface area (Å²) in [4.78, 5) is 0. The van der Waals surface area contributed by atoms with Gasteiger partial charge in [0.15, 0.2) is 17.7 Å². The topological polar surface area (TPSA) is 53.7 Å². The van der Waals surface area contributed by atoms with Crippen LogP contribution in [0, 0.1) is 0 Å². The van der Waals surface area contributed by atoms with Crippen LogP contribution in [0.1, 0.15) is 18.4 Å². The van der Waals surface area contributed by atoms with Crippen LogP contribution >= 0.6 is 0 Å². The average molecular weight is 335 g/mol. The summed E-state index contributed by atoms with van der Waals surface area (Å²) in [6, 6.07) is 4.53. The monoisotopic (exact) mass is 335 g/mol. The largest absolute Gasteiger partial charge is 0.493 e. The molecule has 0 saturated heterocycles. The van der Waals surface area contributed by atoms with Gasteiger partial charge >= 0.3 is 0 Å². The second kappa shape index (κ2) is 10.3. The highest BCUT2D eigenvalue weighted by Crippen LogP contribution is 2.29. The first kappa shape index (κ1) is 19.6. The molecule has 2 N–H and O–H groups in total. The molecule has 2 unspecified atom stereocenters. The van der Waals surface area contributed by atoms with Crippen molar-refractivity contribution in [1.29, 1.82) is 0 Å². The van der Waals surface area contributed by atoms with Crippen molar-refractivity contribution in [3.8, 4) is 11.5 Å². The molecule has 0 spiro atoms. The van der Waals surface area contributed by atoms with Crippen molar-refractivity contribution in [3.63, 3.8) is 0 Å². The summed E-state index contributed by atoms with van der Waals surface area (Å²) in [6.07, 6.45) is -4.58. The van der Waals surface area contributed by atoms with E-state index in [1.54, 1.807) is 25.3 Å². The first-order chi connectivity index (χ1) is 11.0. The van der Waals surface area contributed by atoms with Gasteiger partial charge in [-0.15, -0.1) is 0 Å². The standard InChI is InChI=1S/C16H24F3NO3/c1-21-6-3-7-23-15-9-11(4-5-14(15)22-2)8-12(20)10-13(17)16(18)19/h4-5,9,12-13,16H,3,6-8,10,20H2,1-2H3. The maximum Gasteiger partial charge on any atom is 0.269 e. The number of methoxy groups -OCH3 is 2. The summed E-state index contributed by atoms with van der Waals surface area (Å²) < 4.78 is 53.2. The molecule has 0 bridgehead atoms. The van der Waals surface area contributed by atoms with Crippen molar-refractivity contribution in [3.05, 3.63) is 23.8 Å². The van der Waals surface area contributed by atoms with E-state index >= 15 is 0 Å². The summed E-state index contributed by atoms with van der Waals surface area (Å²) in [5, 5.41) is 0. The molecule has 0 aromatic heterocycles. The minimum Gasteiger partial charge on any atom is -0.493 e. The number of nitrogens with two attached hydrogens (primary N) is 1. The van der Waals surface area contributed by atoms with E-state index in [1.807, 2.05) is 0 Å². The van der Waals surface area contributed by atoms with E-state index in [0.29, 0.717) is 24.7 Å². The zero-order valence-corrected chi connectivity index (χ0v) is 13.4. The quantitative estimate of drug-likeness (QED) is 0.632. The molecular weight excluding hydrogens is 311 g/mol. The smallest absolute Gasteiger partial charge is 0.269 e. The Kier molecular flexibility index (Phi) is 8.79. The van der Waals surface area contributed by atoms with Crippen molar-refractivity contribution in [2.24, 2.45) is 5.73 Å². The van der Waals surface area contributed by atoms with E-state index in [1.165, 1.54) is 7.11 Å². The van der Waals surface area contributed by atoms with Gasteiger partial charge in [0, 0.05) is 26.2 Å². The molecule has 4 nitrogen and oxygen atoms in total. The van der Waals surface area contributed by atoms with Crippen LogP contribution in [0.4, 0.5) is 13.2 Å². The molecule has 132 valence electrons. The van der Waals surface area contributed by atoms with E-state index in [9.17, 15) is 13.2 Å². The van der Waals surface area contributed by atoms with Gasteiger partial charge in [0.1, 0.15) is 0 Å². The van der Waals surface area contributed by atoms with E-state index in [0.717, 1.165) is 12.0 Å². The zero-order valence-electron chi connectivity index (χ0n) is 13.4. The Balaban J connectivity index is 2.65. The second-order valence-corrected chi connectivity index (χ2v) is 5.23. The van der Waals surface area contributed by atoms with Gasteiger partial charge in [0.05, 0.1) is 13.7 Å². The van der Waals surface area contributed by atoms with Crippen molar-refractivity contribution in [2.75, 3.05) is 27.4 Å². The number of ether oxygens (including phenoxy) is 3. The third-order valence-electron chi connectivity index (χ3n) is 3.28. The molecular formula is C16H24F3NO3. The zero-order chi connectivity index (χ0) is 17.2. The van der Waals surface area contributed by atoms with E-state index < -0.39 is 18.6 Å². The van der Waals surface area contributed by atoms with Gasteiger partial charge in [-0.25, -0.2) is 13.2 Å². The second-order valence-electron chi connectivity index (χ2n) is 5.23. The molecule has 0 radical (unpaired) electrons. The molecule has 1 rings (SSSR count). The van der Waals surface area contributed by atoms with Gasteiger partial charge in [0.2, 0.25) is 0 Å². The highest BCUT2D eigenvalue weighted by Gasteiger charge is 2.22. The van der Waals surface area contributed by atoms with Crippen LogP contribution in [0.3, 0.4) is 0 Å². The third-order valence-corrected chi connectivity index (χ3v) is 3.28. The van der Waals surface area contributed by atoms with Crippen LogP contribution < -0.4 is 15.2 Å². The Morgan fingerprint density at radius 2 is 1.83 bits per heavy atom. The summed E-state index contributed by atoms with van der Waals surface area (Å²) in [7, 11) is 3.14. The number of benzene rings is 1. The number of alkyl halides is 3. The van der Waals surface area contributed by atoms with Crippen LogP contribution in [0.2, 0.25) is 0 Å². The van der Waals surface area contributed by atoms with Gasteiger partial charge in [-0.2, -0.15) is 0 Å². The van der Waals surface area contributed by atoms with Gasteiger partial charge in [-0.05, 0) is 30.5 Å². The van der Waals surface area contributed by atoms with Crippen LogP contribution in [-0.2, 0) is 11.2 Å². The first-order valence-corrected chi connectivity index (χ1v) is 7.44. The molecule has 0 aliphatic heterocycles. The predicted molar refractivity (Wildman–Crippen MR) is 82.2 cm³/mol. The Bertz CT molecular complexity index is 460. The van der Waals surface area contributed by atoms with Crippen LogP contribution in [0.25, 0.3) is 0 Å².